The molecule has 0 aliphatic carbocycles. The van der Waals surface area contributed by atoms with E-state index in [4.69, 9.17) is 12.2 Å². The maximum absolute atomic E-state index is 13.0. The number of thiocarbonyl (C=S) groups is 1. The lowest BCUT2D eigenvalue weighted by Gasteiger charge is -2.20. The summed E-state index contributed by atoms with van der Waals surface area (Å²) in [6.45, 7) is 3.76. The highest BCUT2D eigenvalue weighted by molar-refractivity contribution is 8.23. The van der Waals surface area contributed by atoms with E-state index in [2.05, 4.69) is 10.2 Å². The second-order valence-electron chi connectivity index (χ2n) is 4.72. The number of anilines is 1. The smallest absolute Gasteiger partial charge is 0.237 e. The predicted octanol–water partition coefficient (Wildman–Crippen LogP) is 3.27. The molecular formula is C14H17FN2OS2. The summed E-state index contributed by atoms with van der Waals surface area (Å²) in [7, 11) is 0. The third-order valence-corrected chi connectivity index (χ3v) is 4.68. The molecule has 0 unspecified atom stereocenters. The second-order valence-corrected chi connectivity index (χ2v) is 6.69. The van der Waals surface area contributed by atoms with Gasteiger partial charge in [-0.25, -0.2) is 4.39 Å². The van der Waals surface area contributed by atoms with Crippen LogP contribution in [0, 0.1) is 5.82 Å². The molecule has 0 radical (unpaired) electrons. The first kappa shape index (κ1) is 15.3. The van der Waals surface area contributed by atoms with Crippen LogP contribution in [0.15, 0.2) is 24.3 Å². The molecule has 1 atom stereocenters. The van der Waals surface area contributed by atoms with E-state index in [0.29, 0.717) is 5.69 Å². The minimum Gasteiger partial charge on any atom is -0.358 e. The van der Waals surface area contributed by atoms with Crippen LogP contribution in [-0.2, 0) is 4.79 Å². The molecule has 1 N–H and O–H groups in total. The minimum absolute atomic E-state index is 0.165. The number of rotatable bonds is 3. The van der Waals surface area contributed by atoms with Crippen molar-refractivity contribution in [2.45, 2.75) is 25.0 Å². The molecular weight excluding hydrogens is 295 g/mol. The van der Waals surface area contributed by atoms with Crippen molar-refractivity contribution in [3.8, 4) is 0 Å². The monoisotopic (exact) mass is 312 g/mol. The van der Waals surface area contributed by atoms with Crippen molar-refractivity contribution in [3.05, 3.63) is 30.1 Å². The van der Waals surface area contributed by atoms with Gasteiger partial charge in [-0.3, -0.25) is 4.79 Å². The number of thioether (sulfide) groups is 1. The van der Waals surface area contributed by atoms with Gasteiger partial charge in [0, 0.05) is 18.8 Å². The number of likely N-dealkylation sites (tertiary alicyclic amines) is 1. The molecule has 108 valence electrons. The van der Waals surface area contributed by atoms with E-state index in [-0.39, 0.29) is 17.0 Å². The van der Waals surface area contributed by atoms with E-state index < -0.39 is 0 Å². The van der Waals surface area contributed by atoms with Gasteiger partial charge in [-0.05, 0) is 38.0 Å². The lowest BCUT2D eigenvalue weighted by molar-refractivity contribution is -0.115. The number of carbonyl (C=O) groups is 1. The minimum atomic E-state index is -0.365. The molecule has 1 aliphatic rings. The Hall–Kier alpha value is -1.14. The largest absolute Gasteiger partial charge is 0.358 e. The third-order valence-electron chi connectivity index (χ3n) is 3.10. The molecule has 1 aromatic rings. The Labute approximate surface area is 127 Å². The first-order valence-electron chi connectivity index (χ1n) is 6.58. The van der Waals surface area contributed by atoms with Crippen LogP contribution in [0.5, 0.6) is 0 Å². The summed E-state index contributed by atoms with van der Waals surface area (Å²) >= 11 is 6.72. The van der Waals surface area contributed by atoms with E-state index in [0.717, 1.165) is 30.3 Å². The fourth-order valence-corrected chi connectivity index (χ4v) is 3.40. The van der Waals surface area contributed by atoms with Gasteiger partial charge >= 0.3 is 0 Å². The molecule has 0 bridgehead atoms. The van der Waals surface area contributed by atoms with Crippen LogP contribution in [0.2, 0.25) is 0 Å². The predicted molar refractivity (Wildman–Crippen MR) is 85.5 cm³/mol. The van der Waals surface area contributed by atoms with Gasteiger partial charge in [0.15, 0.2) is 0 Å². The molecule has 1 saturated heterocycles. The normalized spacial score (nSPS) is 16.0. The summed E-state index contributed by atoms with van der Waals surface area (Å²) in [5.74, 6) is -0.530. The van der Waals surface area contributed by atoms with Crippen LogP contribution in [-0.4, -0.2) is 33.5 Å². The fraction of sp³-hybridized carbons (Fsp3) is 0.429. The number of hydrogen-bond donors (Lipinski definition) is 1. The molecule has 20 heavy (non-hydrogen) atoms. The Morgan fingerprint density at radius 3 is 2.80 bits per heavy atom. The van der Waals surface area contributed by atoms with E-state index in [1.165, 1.54) is 23.9 Å². The van der Waals surface area contributed by atoms with Gasteiger partial charge in [0.2, 0.25) is 5.91 Å². The van der Waals surface area contributed by atoms with Gasteiger partial charge in [0.25, 0.3) is 0 Å². The van der Waals surface area contributed by atoms with Crippen LogP contribution in [0.3, 0.4) is 0 Å². The quantitative estimate of drug-likeness (QED) is 0.868. The SMILES string of the molecule is C[C@H](SC(=S)N1CCCC1)C(=O)Nc1cccc(F)c1. The van der Waals surface area contributed by atoms with Gasteiger partial charge in [0.05, 0.1) is 5.25 Å². The van der Waals surface area contributed by atoms with Crippen LogP contribution < -0.4 is 5.32 Å². The van der Waals surface area contributed by atoms with Gasteiger partial charge in [-0.2, -0.15) is 0 Å². The third kappa shape index (κ3) is 4.18. The number of nitrogens with one attached hydrogen (secondary N) is 1. The topological polar surface area (TPSA) is 32.3 Å². The molecule has 0 aromatic heterocycles. The van der Waals surface area contributed by atoms with Gasteiger partial charge < -0.3 is 10.2 Å². The summed E-state index contributed by atoms with van der Waals surface area (Å²) in [4.78, 5) is 14.2. The van der Waals surface area contributed by atoms with E-state index in [1.807, 2.05) is 6.92 Å². The maximum Gasteiger partial charge on any atom is 0.237 e. The van der Waals surface area contributed by atoms with Crippen molar-refractivity contribution >= 4 is 39.9 Å². The van der Waals surface area contributed by atoms with Crippen molar-refractivity contribution < 1.29 is 9.18 Å². The highest BCUT2D eigenvalue weighted by Gasteiger charge is 2.21. The average Bonchev–Trinajstić information content (AvgIpc) is 2.92. The standard InChI is InChI=1S/C14H17FN2OS2/c1-10(20-14(19)17-7-2-3-8-17)13(18)16-12-6-4-5-11(15)9-12/h4-6,9-10H,2-3,7-8H2,1H3,(H,16,18)/t10-/m0/s1. The molecule has 1 heterocycles. The Morgan fingerprint density at radius 1 is 1.45 bits per heavy atom. The molecule has 1 fully saturated rings. The average molecular weight is 312 g/mol. The summed E-state index contributed by atoms with van der Waals surface area (Å²) in [5.41, 5.74) is 0.467. The molecule has 2 rings (SSSR count). The van der Waals surface area contributed by atoms with Crippen molar-refractivity contribution in [2.75, 3.05) is 18.4 Å². The highest BCUT2D eigenvalue weighted by Crippen LogP contribution is 2.21. The van der Waals surface area contributed by atoms with Gasteiger partial charge in [0.1, 0.15) is 10.1 Å². The summed E-state index contributed by atoms with van der Waals surface area (Å²) in [5, 5.41) is 2.40. The number of halogens is 1. The maximum atomic E-state index is 13.0. The number of hydrogen-bond acceptors (Lipinski definition) is 3. The van der Waals surface area contributed by atoms with Crippen molar-refractivity contribution in [1.82, 2.24) is 4.90 Å². The summed E-state index contributed by atoms with van der Waals surface area (Å²) in [6.07, 6.45) is 2.31. The molecule has 6 heteroatoms. The van der Waals surface area contributed by atoms with Gasteiger partial charge in [-0.1, -0.05) is 30.0 Å². The summed E-state index contributed by atoms with van der Waals surface area (Å²) < 4.78 is 13.8. The summed E-state index contributed by atoms with van der Waals surface area (Å²) in [6, 6.07) is 5.87. The number of nitrogens with zero attached hydrogens (tertiary/aromatic N) is 1. The van der Waals surface area contributed by atoms with Crippen LogP contribution in [0.25, 0.3) is 0 Å². The zero-order valence-electron chi connectivity index (χ0n) is 11.3. The Balaban J connectivity index is 1.86. The first-order chi connectivity index (χ1) is 9.56. The molecule has 1 aromatic carbocycles. The molecule has 0 saturated carbocycles. The van der Waals surface area contributed by atoms with Gasteiger partial charge in [-0.15, -0.1) is 0 Å². The van der Waals surface area contributed by atoms with E-state index in [1.54, 1.807) is 12.1 Å². The zero-order chi connectivity index (χ0) is 14.5. The van der Waals surface area contributed by atoms with Crippen molar-refractivity contribution in [3.63, 3.8) is 0 Å². The van der Waals surface area contributed by atoms with Crippen LogP contribution >= 0.6 is 24.0 Å². The molecule has 3 nitrogen and oxygen atoms in total. The van der Waals surface area contributed by atoms with Crippen molar-refractivity contribution in [1.29, 1.82) is 0 Å². The lowest BCUT2D eigenvalue weighted by Crippen LogP contribution is -2.29. The van der Waals surface area contributed by atoms with E-state index in [9.17, 15) is 9.18 Å². The Kier molecular flexibility index (Phi) is 5.37. The van der Waals surface area contributed by atoms with Crippen molar-refractivity contribution in [2.24, 2.45) is 0 Å². The van der Waals surface area contributed by atoms with Crippen LogP contribution in [0.1, 0.15) is 19.8 Å². The number of benzene rings is 1. The molecule has 0 spiro atoms. The van der Waals surface area contributed by atoms with Crippen LogP contribution in [0.4, 0.5) is 10.1 Å². The van der Waals surface area contributed by atoms with E-state index >= 15 is 0 Å². The Morgan fingerprint density at radius 2 is 2.15 bits per heavy atom. The molecule has 1 aliphatic heterocycles. The zero-order valence-corrected chi connectivity index (χ0v) is 12.9. The number of carbonyl (C=O) groups excluding carboxylic acids is 1. The second kappa shape index (κ2) is 7.04. The fourth-order valence-electron chi connectivity index (χ4n) is 1.99. The highest BCUT2D eigenvalue weighted by atomic mass is 32.2. The first-order valence-corrected chi connectivity index (χ1v) is 7.87. The lowest BCUT2D eigenvalue weighted by atomic mass is 10.3. The number of amides is 1. The Bertz CT molecular complexity index is 504. The molecule has 1 amide bonds.